The maximum absolute atomic E-state index is 10.8. The number of amides is 1. The van der Waals surface area contributed by atoms with E-state index in [4.69, 9.17) is 17.2 Å². The van der Waals surface area contributed by atoms with Crippen LogP contribution in [0.3, 0.4) is 0 Å². The maximum atomic E-state index is 10.8. The first-order valence-corrected chi connectivity index (χ1v) is 14.9. The summed E-state index contributed by atoms with van der Waals surface area (Å²) in [6.07, 6.45) is 4.78. The van der Waals surface area contributed by atoms with Gasteiger partial charge in [0.2, 0.25) is 5.91 Å². The minimum atomic E-state index is 0. The van der Waals surface area contributed by atoms with Gasteiger partial charge in [0.05, 0.1) is 12.7 Å². The molecule has 1 heterocycles. The van der Waals surface area contributed by atoms with Gasteiger partial charge in [-0.25, -0.2) is 0 Å². The minimum Gasteiger partial charge on any atom is -0.333 e. The highest BCUT2D eigenvalue weighted by atomic mass is 16.2. The third-order valence-corrected chi connectivity index (χ3v) is 5.11. The highest BCUT2D eigenvalue weighted by molar-refractivity contribution is 5.81. The Bertz CT molecular complexity index is 584. The maximum Gasteiger partial charge on any atom is 0.223 e. The van der Waals surface area contributed by atoms with Crippen LogP contribution in [0.2, 0.25) is 0 Å². The highest BCUT2D eigenvalue weighted by Gasteiger charge is 2.23. The fraction of sp³-hybridized carbons (Fsp3) is 0.839. The van der Waals surface area contributed by atoms with Gasteiger partial charge in [0.1, 0.15) is 23.1 Å². The molecule has 0 aliphatic carbocycles. The molecule has 0 saturated carbocycles. The number of Topliss-reactive ketones (excluding diaryl/α,β-unsaturated/α-hetero) is 4. The van der Waals surface area contributed by atoms with Crippen molar-refractivity contribution in [3.8, 4) is 0 Å². The first-order valence-electron chi connectivity index (χ1n) is 14.9. The standard InChI is InChI=1S/C7H13NO.C5H12N2O.3C4H8O.C3H11N3.C2H6.CH5N.CH4/c1-6(9)7-4-3-5-8(7)2;1-3-5(8)7(2)4-6;3*1-3-4(2)5;1-6(2-4)3-5;2*1-2;/h7H,3-5H2,1-2H3;3-4,6H2,1-2H3;3*3H2,1-2H3;2-5H2,1H3;1-2H3;2H2,1H3;1H4. The Kier molecular flexibility index (Phi) is 69.4. The van der Waals surface area contributed by atoms with Crippen molar-refractivity contribution in [3.63, 3.8) is 0 Å². The SMILES string of the molecule is C.CC.CC(=O)C1CCCN1C.CCC(=O)N(C)CN.CCC(C)=O.CCC(C)=O.CCC(C)=O.CN.CN(CN)CN. The summed E-state index contributed by atoms with van der Waals surface area (Å²) in [5.41, 5.74) is 19.9. The van der Waals surface area contributed by atoms with Gasteiger partial charge in [-0.2, -0.15) is 0 Å². The molecule has 264 valence electrons. The Balaban J connectivity index is -0.0000000563. The first-order chi connectivity index (χ1) is 19.6. The van der Waals surface area contributed by atoms with Crippen LogP contribution in [0.1, 0.15) is 115 Å². The molecular formula is C31H75N7O5. The van der Waals surface area contributed by atoms with Gasteiger partial charge in [-0.05, 0) is 68.2 Å². The van der Waals surface area contributed by atoms with Gasteiger partial charge in [0.15, 0.2) is 0 Å². The lowest BCUT2D eigenvalue weighted by Crippen LogP contribution is -2.31. The Morgan fingerprint density at radius 3 is 1.07 bits per heavy atom. The number of likely N-dealkylation sites (N-methyl/N-ethyl adjacent to an activating group) is 1. The van der Waals surface area contributed by atoms with Crippen LogP contribution in [0.5, 0.6) is 0 Å². The van der Waals surface area contributed by atoms with E-state index in [0.717, 1.165) is 13.0 Å². The Morgan fingerprint density at radius 2 is 1.00 bits per heavy atom. The second-order valence-corrected chi connectivity index (χ2v) is 8.77. The number of likely N-dealkylation sites (tertiary alicyclic amines) is 1. The second-order valence-electron chi connectivity index (χ2n) is 8.77. The summed E-state index contributed by atoms with van der Waals surface area (Å²) in [6, 6.07) is 0.227. The van der Waals surface area contributed by atoms with Crippen molar-refractivity contribution in [2.75, 3.05) is 54.7 Å². The van der Waals surface area contributed by atoms with E-state index in [1.807, 2.05) is 55.6 Å². The molecule has 12 heteroatoms. The van der Waals surface area contributed by atoms with Crippen molar-refractivity contribution in [2.24, 2.45) is 22.9 Å². The Labute approximate surface area is 266 Å². The third kappa shape index (κ3) is 64.1. The molecule has 1 rings (SSSR count). The van der Waals surface area contributed by atoms with Crippen LogP contribution in [0.25, 0.3) is 0 Å². The lowest BCUT2D eigenvalue weighted by Gasteiger charge is -2.14. The zero-order valence-electron chi connectivity index (χ0n) is 29.8. The molecule has 0 bridgehead atoms. The number of carbonyl (C=O) groups is 5. The summed E-state index contributed by atoms with van der Waals surface area (Å²) in [5.74, 6) is 1.17. The summed E-state index contributed by atoms with van der Waals surface area (Å²) >= 11 is 0. The zero-order valence-corrected chi connectivity index (χ0v) is 29.8. The second kappa shape index (κ2) is 49.6. The number of carbonyl (C=O) groups excluding carboxylic acids is 5. The summed E-state index contributed by atoms with van der Waals surface area (Å²) in [7, 11) is 7.06. The summed E-state index contributed by atoms with van der Waals surface area (Å²) in [6.45, 7) is 20.3. The van der Waals surface area contributed by atoms with Gasteiger partial charge >= 0.3 is 0 Å². The van der Waals surface area contributed by atoms with Crippen molar-refractivity contribution in [1.82, 2.24) is 14.7 Å². The predicted octanol–water partition coefficient (Wildman–Crippen LogP) is 3.38. The number of rotatable bonds is 8. The molecule has 43 heavy (non-hydrogen) atoms. The highest BCUT2D eigenvalue weighted by Crippen LogP contribution is 2.14. The van der Waals surface area contributed by atoms with Crippen LogP contribution in [0, 0.1) is 0 Å². The Hall–Kier alpha value is -2.09. The molecule has 0 aromatic carbocycles. The molecule has 0 aromatic heterocycles. The molecule has 1 amide bonds. The molecule has 1 unspecified atom stereocenters. The van der Waals surface area contributed by atoms with Crippen molar-refractivity contribution >= 4 is 29.0 Å². The summed E-state index contributed by atoms with van der Waals surface area (Å²) in [4.78, 5) is 56.3. The van der Waals surface area contributed by atoms with Crippen LogP contribution in [0.4, 0.5) is 0 Å². The fourth-order valence-electron chi connectivity index (χ4n) is 1.87. The van der Waals surface area contributed by atoms with E-state index in [9.17, 15) is 24.0 Å². The molecule has 12 nitrogen and oxygen atoms in total. The van der Waals surface area contributed by atoms with Gasteiger partial charge in [0, 0.05) is 46.1 Å². The topological polar surface area (TPSA) is 199 Å². The van der Waals surface area contributed by atoms with E-state index < -0.39 is 0 Å². The van der Waals surface area contributed by atoms with E-state index in [2.05, 4.69) is 10.6 Å². The lowest BCUT2D eigenvalue weighted by atomic mass is 10.1. The molecular weight excluding hydrogens is 550 g/mol. The number of ketones is 4. The van der Waals surface area contributed by atoms with Crippen molar-refractivity contribution < 1.29 is 24.0 Å². The van der Waals surface area contributed by atoms with E-state index in [0.29, 0.717) is 51.5 Å². The fourth-order valence-corrected chi connectivity index (χ4v) is 1.87. The molecule has 1 atom stereocenters. The number of hydrogen-bond donors (Lipinski definition) is 4. The van der Waals surface area contributed by atoms with Crippen LogP contribution in [-0.2, 0) is 24.0 Å². The van der Waals surface area contributed by atoms with E-state index >= 15 is 0 Å². The summed E-state index contributed by atoms with van der Waals surface area (Å²) < 4.78 is 0. The van der Waals surface area contributed by atoms with Crippen molar-refractivity contribution in [2.45, 2.75) is 121 Å². The number of nitrogens with zero attached hydrogens (tertiary/aromatic N) is 3. The van der Waals surface area contributed by atoms with Crippen molar-refractivity contribution in [1.29, 1.82) is 0 Å². The average Bonchev–Trinajstić information content (AvgIpc) is 3.45. The van der Waals surface area contributed by atoms with Gasteiger partial charge in [-0.1, -0.05) is 49.0 Å². The molecule has 1 fully saturated rings. The van der Waals surface area contributed by atoms with Crippen LogP contribution < -0.4 is 22.9 Å². The third-order valence-electron chi connectivity index (χ3n) is 5.11. The van der Waals surface area contributed by atoms with Crippen LogP contribution in [-0.4, -0.2) is 105 Å². The molecule has 0 spiro atoms. The Morgan fingerprint density at radius 1 is 0.698 bits per heavy atom. The molecule has 0 radical (unpaired) electrons. The molecule has 1 saturated heterocycles. The largest absolute Gasteiger partial charge is 0.333 e. The van der Waals surface area contributed by atoms with Gasteiger partial charge < -0.3 is 42.2 Å². The molecule has 0 aromatic rings. The lowest BCUT2D eigenvalue weighted by molar-refractivity contribution is -0.129. The van der Waals surface area contributed by atoms with Crippen LogP contribution in [0.15, 0.2) is 0 Å². The first kappa shape index (κ1) is 60.2. The molecule has 1 aliphatic rings. The van der Waals surface area contributed by atoms with Crippen molar-refractivity contribution in [3.05, 3.63) is 0 Å². The van der Waals surface area contributed by atoms with E-state index in [1.165, 1.54) is 18.4 Å². The monoisotopic (exact) mass is 626 g/mol. The molecule has 8 N–H and O–H groups in total. The average molecular weight is 626 g/mol. The number of hydrogen-bond acceptors (Lipinski definition) is 11. The quantitative estimate of drug-likeness (QED) is 0.288. The number of nitrogens with two attached hydrogens (primary N) is 4. The van der Waals surface area contributed by atoms with E-state index in [-0.39, 0.29) is 36.7 Å². The summed E-state index contributed by atoms with van der Waals surface area (Å²) in [5, 5.41) is 0. The smallest absolute Gasteiger partial charge is 0.223 e. The molecule has 1 aliphatic heterocycles. The predicted molar refractivity (Wildman–Crippen MR) is 185 cm³/mol. The van der Waals surface area contributed by atoms with Gasteiger partial charge in [0.25, 0.3) is 0 Å². The van der Waals surface area contributed by atoms with Crippen LogP contribution >= 0.6 is 0 Å². The minimum absolute atomic E-state index is 0. The van der Waals surface area contributed by atoms with Gasteiger partial charge in [-0.15, -0.1) is 0 Å². The normalized spacial score (nSPS) is 12.0. The van der Waals surface area contributed by atoms with Gasteiger partial charge in [-0.3, -0.25) is 19.4 Å². The zero-order chi connectivity index (χ0) is 35.3. The van der Waals surface area contributed by atoms with E-state index in [1.54, 1.807) is 39.6 Å².